The van der Waals surface area contributed by atoms with Crippen LogP contribution in [-0.4, -0.2) is 75.0 Å². The fourth-order valence-corrected chi connectivity index (χ4v) is 8.66. The minimum atomic E-state index is -0.608. The molecular weight excluding hydrogens is 460 g/mol. The van der Waals surface area contributed by atoms with E-state index in [1.54, 1.807) is 23.6 Å². The Balaban J connectivity index is 1.92. The monoisotopic (exact) mass is 490 g/mol. The molecular formula is C20H31BrN2O5S. The Morgan fingerprint density at radius 2 is 2.10 bits per heavy atom. The van der Waals surface area contributed by atoms with Crippen LogP contribution in [0.25, 0.3) is 0 Å². The van der Waals surface area contributed by atoms with Crippen LogP contribution in [0, 0.1) is 11.8 Å². The van der Waals surface area contributed by atoms with Gasteiger partial charge < -0.3 is 20.1 Å². The summed E-state index contributed by atoms with van der Waals surface area (Å²) in [5.74, 6) is -1.64. The highest BCUT2D eigenvalue weighted by atomic mass is 79.9. The predicted molar refractivity (Wildman–Crippen MR) is 115 cm³/mol. The summed E-state index contributed by atoms with van der Waals surface area (Å²) in [5.41, 5.74) is 0. The maximum absolute atomic E-state index is 13.5. The van der Waals surface area contributed by atoms with Gasteiger partial charge in [0.25, 0.3) is 0 Å². The van der Waals surface area contributed by atoms with Gasteiger partial charge in [0.1, 0.15) is 6.04 Å². The number of alkyl halides is 1. The third kappa shape index (κ3) is 3.94. The van der Waals surface area contributed by atoms with Crippen molar-refractivity contribution in [2.24, 2.45) is 11.8 Å². The van der Waals surface area contributed by atoms with E-state index in [2.05, 4.69) is 28.2 Å². The van der Waals surface area contributed by atoms with Crippen molar-refractivity contribution < 1.29 is 24.2 Å². The summed E-state index contributed by atoms with van der Waals surface area (Å²) in [6.07, 6.45) is 3.74. The van der Waals surface area contributed by atoms with Crippen molar-refractivity contribution in [2.75, 3.05) is 26.3 Å². The van der Waals surface area contributed by atoms with Gasteiger partial charge in [-0.25, -0.2) is 0 Å². The molecule has 2 bridgehead atoms. The van der Waals surface area contributed by atoms with Crippen molar-refractivity contribution in [3.63, 3.8) is 0 Å². The first-order valence-corrected chi connectivity index (χ1v) is 12.4. The van der Waals surface area contributed by atoms with E-state index < -0.39 is 22.6 Å². The molecule has 7 nitrogen and oxygen atoms in total. The van der Waals surface area contributed by atoms with Gasteiger partial charge in [-0.2, -0.15) is 0 Å². The Hall–Kier alpha value is -0.800. The summed E-state index contributed by atoms with van der Waals surface area (Å²) in [6.45, 7) is 5.15. The van der Waals surface area contributed by atoms with Crippen molar-refractivity contribution in [1.29, 1.82) is 0 Å². The Bertz CT molecular complexity index is 650. The van der Waals surface area contributed by atoms with Crippen molar-refractivity contribution >= 4 is 45.5 Å². The van der Waals surface area contributed by atoms with Crippen LogP contribution in [0.15, 0.2) is 0 Å². The van der Waals surface area contributed by atoms with E-state index in [0.29, 0.717) is 32.4 Å². The average molecular weight is 491 g/mol. The van der Waals surface area contributed by atoms with Crippen LogP contribution in [0.2, 0.25) is 0 Å². The Morgan fingerprint density at radius 1 is 1.34 bits per heavy atom. The molecule has 3 heterocycles. The molecule has 3 fully saturated rings. The van der Waals surface area contributed by atoms with Crippen LogP contribution >= 0.6 is 27.7 Å². The highest BCUT2D eigenvalue weighted by Gasteiger charge is 2.75. The minimum absolute atomic E-state index is 0.0513. The van der Waals surface area contributed by atoms with Gasteiger partial charge in [-0.05, 0) is 32.6 Å². The van der Waals surface area contributed by atoms with Crippen LogP contribution in [0.1, 0.15) is 46.0 Å². The minimum Gasteiger partial charge on any atom is -0.466 e. The molecule has 29 heavy (non-hydrogen) atoms. The molecule has 3 saturated heterocycles. The van der Waals surface area contributed by atoms with Crippen LogP contribution in [0.5, 0.6) is 0 Å². The van der Waals surface area contributed by atoms with Gasteiger partial charge in [-0.15, -0.1) is 11.8 Å². The Labute approximate surface area is 184 Å². The lowest BCUT2D eigenvalue weighted by Gasteiger charge is -2.35. The van der Waals surface area contributed by atoms with E-state index in [0.717, 1.165) is 12.8 Å². The van der Waals surface area contributed by atoms with Gasteiger partial charge in [0.2, 0.25) is 11.8 Å². The second-order valence-electron chi connectivity index (χ2n) is 8.02. The van der Waals surface area contributed by atoms with E-state index in [4.69, 9.17) is 9.84 Å². The summed E-state index contributed by atoms with van der Waals surface area (Å²) in [6, 6.07) is -0.593. The number of thioether (sulfide) groups is 1. The summed E-state index contributed by atoms with van der Waals surface area (Å²) in [7, 11) is 0. The van der Waals surface area contributed by atoms with Crippen molar-refractivity contribution in [3.8, 4) is 0 Å². The van der Waals surface area contributed by atoms with Crippen molar-refractivity contribution in [1.82, 2.24) is 10.2 Å². The standard InChI is InChI=1S/C20H31BrN2O5S/c1-3-5-8-22-17(25)16-20-11-12(21)15(29-20)13(19(27)28-4-2)14(20)18(26)23(16)9-6-7-10-24/h12-16,24H,3-11H2,1-2H3,(H,22,25)/t12?,13-,14+,15-,16?,20?/m1/s1. The highest BCUT2D eigenvalue weighted by molar-refractivity contribution is 9.09. The lowest BCUT2D eigenvalue weighted by Crippen LogP contribution is -2.54. The fourth-order valence-electron chi connectivity index (χ4n) is 5.06. The number of aliphatic hydroxyl groups excluding tert-OH is 1. The van der Waals surface area contributed by atoms with Gasteiger partial charge in [0, 0.05) is 29.8 Å². The number of hydrogen-bond acceptors (Lipinski definition) is 6. The number of esters is 1. The molecule has 6 atom stereocenters. The second kappa shape index (κ2) is 9.56. The molecule has 9 heteroatoms. The normalized spacial score (nSPS) is 35.1. The number of carbonyl (C=O) groups is 3. The van der Waals surface area contributed by atoms with Gasteiger partial charge in [0.15, 0.2) is 0 Å². The zero-order valence-corrected chi connectivity index (χ0v) is 19.5. The second-order valence-corrected chi connectivity index (χ2v) is 10.7. The number of nitrogens with zero attached hydrogens (tertiary/aromatic N) is 1. The van der Waals surface area contributed by atoms with Crippen LogP contribution in [0.4, 0.5) is 0 Å². The zero-order chi connectivity index (χ0) is 21.2. The van der Waals surface area contributed by atoms with Gasteiger partial charge in [-0.3, -0.25) is 14.4 Å². The highest BCUT2D eigenvalue weighted by Crippen LogP contribution is 2.67. The topological polar surface area (TPSA) is 95.9 Å². The number of ether oxygens (including phenoxy) is 1. The number of rotatable bonds is 10. The molecule has 0 aromatic heterocycles. The maximum Gasteiger partial charge on any atom is 0.310 e. The lowest BCUT2D eigenvalue weighted by atomic mass is 9.71. The average Bonchev–Trinajstić information content (AvgIpc) is 3.26. The van der Waals surface area contributed by atoms with Crippen molar-refractivity contribution in [2.45, 2.75) is 66.8 Å². The molecule has 2 amide bonds. The quantitative estimate of drug-likeness (QED) is 0.275. The predicted octanol–water partition coefficient (Wildman–Crippen LogP) is 1.70. The fraction of sp³-hybridized carbons (Fsp3) is 0.850. The number of fused-ring (bicyclic) bond motifs is 1. The third-order valence-corrected chi connectivity index (χ3v) is 9.45. The molecule has 3 aliphatic rings. The maximum atomic E-state index is 13.5. The van der Waals surface area contributed by atoms with E-state index in [-0.39, 0.29) is 41.1 Å². The summed E-state index contributed by atoms with van der Waals surface area (Å²) in [4.78, 5) is 41.2. The number of likely N-dealkylation sites (tertiary alicyclic amines) is 1. The molecule has 1 spiro atoms. The largest absolute Gasteiger partial charge is 0.466 e. The van der Waals surface area contributed by atoms with E-state index in [1.165, 1.54) is 0 Å². The number of aliphatic hydroxyl groups is 1. The number of nitrogens with one attached hydrogen (secondary N) is 1. The molecule has 0 radical (unpaired) electrons. The zero-order valence-electron chi connectivity index (χ0n) is 17.1. The van der Waals surface area contributed by atoms with Gasteiger partial charge in [0.05, 0.1) is 23.2 Å². The number of amides is 2. The molecule has 3 aliphatic heterocycles. The number of unbranched alkanes of at least 4 members (excludes halogenated alkanes) is 2. The first kappa shape index (κ1) is 22.9. The van der Waals surface area contributed by atoms with Gasteiger partial charge in [-0.1, -0.05) is 29.3 Å². The van der Waals surface area contributed by atoms with Crippen molar-refractivity contribution in [3.05, 3.63) is 0 Å². The van der Waals surface area contributed by atoms with Crippen LogP contribution in [0.3, 0.4) is 0 Å². The molecule has 2 N–H and O–H groups in total. The first-order chi connectivity index (χ1) is 13.9. The summed E-state index contributed by atoms with van der Waals surface area (Å²) >= 11 is 5.33. The van der Waals surface area contributed by atoms with Gasteiger partial charge >= 0.3 is 5.97 Å². The van der Waals surface area contributed by atoms with Crippen LogP contribution < -0.4 is 5.32 Å². The lowest BCUT2D eigenvalue weighted by molar-refractivity contribution is -0.153. The molecule has 3 unspecified atom stereocenters. The Morgan fingerprint density at radius 3 is 2.76 bits per heavy atom. The third-order valence-electron chi connectivity index (χ3n) is 6.23. The molecule has 3 rings (SSSR count). The number of hydrogen-bond donors (Lipinski definition) is 2. The molecule has 164 valence electrons. The molecule has 0 aromatic rings. The van der Waals surface area contributed by atoms with E-state index in [9.17, 15) is 14.4 Å². The number of halogens is 1. The van der Waals surface area contributed by atoms with Crippen LogP contribution in [-0.2, 0) is 19.1 Å². The summed E-state index contributed by atoms with van der Waals surface area (Å²) < 4.78 is 4.70. The molecule has 0 aromatic carbocycles. The molecule has 0 saturated carbocycles. The number of carbonyl (C=O) groups excluding carboxylic acids is 3. The first-order valence-electron chi connectivity index (χ1n) is 10.6. The summed E-state index contributed by atoms with van der Waals surface area (Å²) in [5, 5.41) is 12.1. The SMILES string of the molecule is CCCCNC(=O)C1N(CCCCO)C(=O)[C@@H]2[C@@H](C(=O)OCC)[C@@H]3SC12CC3Br. The molecule has 0 aliphatic carbocycles. The van der Waals surface area contributed by atoms with E-state index in [1.807, 2.05) is 0 Å². The smallest absolute Gasteiger partial charge is 0.310 e. The Kier molecular flexibility index (Phi) is 7.54. The van der Waals surface area contributed by atoms with E-state index >= 15 is 0 Å².